The van der Waals surface area contributed by atoms with Gasteiger partial charge in [-0.15, -0.1) is 0 Å². The van der Waals surface area contributed by atoms with Crippen LogP contribution < -0.4 is 10.6 Å². The molecule has 2 amide bonds. The molecule has 0 aliphatic heterocycles. The van der Waals surface area contributed by atoms with Crippen molar-refractivity contribution in [3.8, 4) is 0 Å². The van der Waals surface area contributed by atoms with Gasteiger partial charge >= 0.3 is 12.0 Å². The summed E-state index contributed by atoms with van der Waals surface area (Å²) >= 11 is 0. The van der Waals surface area contributed by atoms with Crippen LogP contribution in [0, 0.1) is 0 Å². The lowest BCUT2D eigenvalue weighted by atomic mass is 10.2. The second kappa shape index (κ2) is 6.02. The number of nitrogens with one attached hydrogen (secondary N) is 2. The lowest BCUT2D eigenvalue weighted by Crippen LogP contribution is -2.51. The molecule has 0 saturated heterocycles. The summed E-state index contributed by atoms with van der Waals surface area (Å²) in [6.45, 7) is 6.85. The first-order valence-corrected chi connectivity index (χ1v) is 4.44. The molecule has 0 spiro atoms. The van der Waals surface area contributed by atoms with Gasteiger partial charge in [-0.3, -0.25) is 0 Å². The minimum absolute atomic E-state index is 0.262. The summed E-state index contributed by atoms with van der Waals surface area (Å²) < 4.78 is 0. The standard InChI is InChI=1S/C9H16N2O4/c1-5(2)4-10-9(15)11-7(6(3)12)8(13)14/h6-7,12H,1,4H2,2-3H3,(H,13,14)(H2,10,11,15)/t6-,7+/m1/s1. The molecule has 0 saturated carbocycles. The van der Waals surface area contributed by atoms with E-state index < -0.39 is 24.1 Å². The zero-order chi connectivity index (χ0) is 12.0. The topological polar surface area (TPSA) is 98.7 Å². The highest BCUT2D eigenvalue weighted by molar-refractivity contribution is 5.83. The zero-order valence-corrected chi connectivity index (χ0v) is 8.78. The quantitative estimate of drug-likeness (QED) is 0.474. The van der Waals surface area contributed by atoms with Crippen LogP contribution in [0.25, 0.3) is 0 Å². The Kier molecular flexibility index (Phi) is 5.40. The molecular formula is C9H16N2O4. The Morgan fingerprint density at radius 3 is 2.33 bits per heavy atom. The molecule has 0 aromatic carbocycles. The fraction of sp³-hybridized carbons (Fsp3) is 0.556. The summed E-state index contributed by atoms with van der Waals surface area (Å²) in [7, 11) is 0. The van der Waals surface area contributed by atoms with Crippen LogP contribution in [0.2, 0.25) is 0 Å². The van der Waals surface area contributed by atoms with Crippen LogP contribution in [-0.2, 0) is 4.79 Å². The van der Waals surface area contributed by atoms with Gasteiger partial charge in [-0.1, -0.05) is 12.2 Å². The normalized spacial score (nSPS) is 13.8. The van der Waals surface area contributed by atoms with Gasteiger partial charge < -0.3 is 20.8 Å². The van der Waals surface area contributed by atoms with Gasteiger partial charge in [0.15, 0.2) is 6.04 Å². The maximum Gasteiger partial charge on any atom is 0.328 e. The van der Waals surface area contributed by atoms with Gasteiger partial charge in [-0.25, -0.2) is 9.59 Å². The van der Waals surface area contributed by atoms with E-state index in [1.165, 1.54) is 6.92 Å². The SMILES string of the molecule is C=C(C)CNC(=O)N[C@H](C(=O)O)[C@@H](C)O. The largest absolute Gasteiger partial charge is 0.480 e. The fourth-order valence-electron chi connectivity index (χ4n) is 0.812. The molecule has 0 aromatic rings. The molecule has 86 valence electrons. The van der Waals surface area contributed by atoms with Crippen LogP contribution in [0.5, 0.6) is 0 Å². The van der Waals surface area contributed by atoms with Crippen LogP contribution in [-0.4, -0.2) is 40.9 Å². The third-order valence-corrected chi connectivity index (χ3v) is 1.59. The molecule has 2 atom stereocenters. The molecule has 4 N–H and O–H groups in total. The van der Waals surface area contributed by atoms with Crippen LogP contribution >= 0.6 is 0 Å². The number of aliphatic hydroxyl groups is 1. The molecule has 0 bridgehead atoms. The molecule has 6 nitrogen and oxygen atoms in total. The van der Waals surface area contributed by atoms with E-state index in [0.717, 1.165) is 5.57 Å². The molecule has 0 aromatic heterocycles. The van der Waals surface area contributed by atoms with Crippen LogP contribution in [0.3, 0.4) is 0 Å². The predicted molar refractivity (Wildman–Crippen MR) is 54.5 cm³/mol. The number of carbonyl (C=O) groups excluding carboxylic acids is 1. The van der Waals surface area contributed by atoms with Gasteiger partial charge in [0, 0.05) is 6.54 Å². The molecule has 0 aliphatic carbocycles. The van der Waals surface area contributed by atoms with E-state index in [4.69, 9.17) is 10.2 Å². The second-order valence-corrected chi connectivity index (χ2v) is 3.34. The first kappa shape index (κ1) is 13.4. The van der Waals surface area contributed by atoms with Crippen LogP contribution in [0.15, 0.2) is 12.2 Å². The summed E-state index contributed by atoms with van der Waals surface area (Å²) in [4.78, 5) is 21.7. The zero-order valence-electron chi connectivity index (χ0n) is 8.78. The van der Waals surface area contributed by atoms with E-state index in [0.29, 0.717) is 0 Å². The maximum atomic E-state index is 11.1. The van der Waals surface area contributed by atoms with E-state index in [9.17, 15) is 9.59 Å². The number of carboxylic acids is 1. The van der Waals surface area contributed by atoms with E-state index in [2.05, 4.69) is 17.2 Å². The Morgan fingerprint density at radius 2 is 2.00 bits per heavy atom. The van der Waals surface area contributed by atoms with E-state index >= 15 is 0 Å². The average Bonchev–Trinajstić information content (AvgIpc) is 2.09. The van der Waals surface area contributed by atoms with Gasteiger partial charge in [0.25, 0.3) is 0 Å². The van der Waals surface area contributed by atoms with Crippen molar-refractivity contribution in [1.82, 2.24) is 10.6 Å². The van der Waals surface area contributed by atoms with Crippen LogP contribution in [0.4, 0.5) is 4.79 Å². The average molecular weight is 216 g/mol. The van der Waals surface area contributed by atoms with Crippen molar-refractivity contribution < 1.29 is 19.8 Å². The number of hydrogen-bond donors (Lipinski definition) is 4. The minimum Gasteiger partial charge on any atom is -0.480 e. The van der Waals surface area contributed by atoms with Crippen LogP contribution in [0.1, 0.15) is 13.8 Å². The lowest BCUT2D eigenvalue weighted by Gasteiger charge is -2.17. The molecule has 0 unspecified atom stereocenters. The Hall–Kier alpha value is -1.56. The van der Waals surface area contributed by atoms with Crippen molar-refractivity contribution in [3.63, 3.8) is 0 Å². The monoisotopic (exact) mass is 216 g/mol. The summed E-state index contributed by atoms with van der Waals surface area (Å²) in [6, 6.07) is -1.96. The van der Waals surface area contributed by atoms with Crippen molar-refractivity contribution >= 4 is 12.0 Å². The molecule has 0 aliphatic rings. The highest BCUT2D eigenvalue weighted by Crippen LogP contribution is 1.92. The number of hydrogen-bond acceptors (Lipinski definition) is 3. The highest BCUT2D eigenvalue weighted by atomic mass is 16.4. The Balaban J connectivity index is 4.12. The van der Waals surface area contributed by atoms with Gasteiger partial charge in [0.05, 0.1) is 6.10 Å². The summed E-state index contributed by atoms with van der Waals surface area (Å²) in [6.07, 6.45) is -1.15. The molecule has 15 heavy (non-hydrogen) atoms. The number of aliphatic carboxylic acids is 1. The van der Waals surface area contributed by atoms with E-state index in [-0.39, 0.29) is 6.54 Å². The van der Waals surface area contributed by atoms with E-state index in [1.807, 2.05) is 0 Å². The number of carbonyl (C=O) groups is 2. The van der Waals surface area contributed by atoms with Gasteiger partial charge in [0.2, 0.25) is 0 Å². The Labute approximate surface area is 88.0 Å². The molecule has 6 heteroatoms. The first-order valence-electron chi connectivity index (χ1n) is 4.44. The molecular weight excluding hydrogens is 200 g/mol. The smallest absolute Gasteiger partial charge is 0.328 e. The summed E-state index contributed by atoms with van der Waals surface area (Å²) in [5.74, 6) is -1.28. The van der Waals surface area contributed by atoms with Crippen molar-refractivity contribution in [2.45, 2.75) is 26.0 Å². The van der Waals surface area contributed by atoms with Crippen molar-refractivity contribution in [2.24, 2.45) is 0 Å². The lowest BCUT2D eigenvalue weighted by molar-refractivity contribution is -0.141. The van der Waals surface area contributed by atoms with Crippen molar-refractivity contribution in [3.05, 3.63) is 12.2 Å². The van der Waals surface area contributed by atoms with Gasteiger partial charge in [-0.2, -0.15) is 0 Å². The third kappa shape index (κ3) is 5.69. The fourth-order valence-corrected chi connectivity index (χ4v) is 0.812. The number of rotatable bonds is 5. The Bertz CT molecular complexity index is 263. The van der Waals surface area contributed by atoms with Crippen molar-refractivity contribution in [2.75, 3.05) is 6.54 Å². The molecule has 0 heterocycles. The first-order chi connectivity index (χ1) is 6.84. The van der Waals surface area contributed by atoms with Crippen molar-refractivity contribution in [1.29, 1.82) is 0 Å². The molecule has 0 fully saturated rings. The number of amides is 2. The third-order valence-electron chi connectivity index (χ3n) is 1.59. The van der Waals surface area contributed by atoms with Gasteiger partial charge in [0.1, 0.15) is 0 Å². The predicted octanol–water partition coefficient (Wildman–Crippen LogP) is -0.304. The highest BCUT2D eigenvalue weighted by Gasteiger charge is 2.24. The Morgan fingerprint density at radius 1 is 1.47 bits per heavy atom. The number of urea groups is 1. The molecule has 0 rings (SSSR count). The summed E-state index contributed by atoms with van der Waals surface area (Å²) in [5, 5.41) is 22.2. The van der Waals surface area contributed by atoms with E-state index in [1.54, 1.807) is 6.92 Å². The molecule has 0 radical (unpaired) electrons. The number of carboxylic acid groups (broad SMARTS) is 1. The second-order valence-electron chi connectivity index (χ2n) is 3.34. The van der Waals surface area contributed by atoms with Gasteiger partial charge in [-0.05, 0) is 13.8 Å². The summed E-state index contributed by atoms with van der Waals surface area (Å²) in [5.41, 5.74) is 0.745. The minimum atomic E-state index is -1.31. The maximum absolute atomic E-state index is 11.1. The number of aliphatic hydroxyl groups excluding tert-OH is 1.